The molecule has 0 fully saturated rings. The zero-order chi connectivity index (χ0) is 4.99. The van der Waals surface area contributed by atoms with Gasteiger partial charge in [0.05, 0.1) is 0 Å². The van der Waals surface area contributed by atoms with E-state index in [2.05, 4.69) is 6.92 Å². The molecule has 36 valence electrons. The predicted octanol–water partition coefficient (Wildman–Crippen LogP) is 0.816. The minimum Gasteiger partial charge on any atom is -0.431 e. The number of hydrogen-bond acceptors (Lipinski definition) is 1. The van der Waals surface area contributed by atoms with Crippen molar-refractivity contribution in [2.45, 2.75) is 25.8 Å². The summed E-state index contributed by atoms with van der Waals surface area (Å²) in [6, 6.07) is 0. The van der Waals surface area contributed by atoms with Crippen LogP contribution >= 0.6 is 0 Å². The molecule has 0 aliphatic carbocycles. The zero-order valence-electron chi connectivity index (χ0n) is 4.23. The van der Waals surface area contributed by atoms with Gasteiger partial charge in [0.1, 0.15) is 0 Å². The van der Waals surface area contributed by atoms with Gasteiger partial charge in [-0.15, -0.1) is 0 Å². The summed E-state index contributed by atoms with van der Waals surface area (Å²) in [5.74, 6) is 0. The van der Waals surface area contributed by atoms with E-state index >= 15 is 0 Å². The Hall–Kier alpha value is 0.177. The van der Waals surface area contributed by atoms with Crippen molar-refractivity contribution >= 4 is 9.76 Å². The molecule has 0 aromatic heterocycles. The lowest BCUT2D eigenvalue weighted by atomic mass is 10.4. The molecule has 0 rings (SSSR count). The summed E-state index contributed by atoms with van der Waals surface area (Å²) < 4.78 is 0. The molecule has 1 atom stereocenters. The highest BCUT2D eigenvalue weighted by Gasteiger charge is 1.93. The second kappa shape index (κ2) is 3.37. The van der Waals surface area contributed by atoms with E-state index in [0.717, 1.165) is 6.42 Å². The fraction of sp³-hybridized carbons (Fsp3) is 1.00. The van der Waals surface area contributed by atoms with Crippen molar-refractivity contribution < 1.29 is 4.80 Å². The molecule has 0 amide bonds. The molecule has 0 saturated carbocycles. The molecule has 0 heterocycles. The van der Waals surface area contributed by atoms with Gasteiger partial charge in [0, 0.05) is 0 Å². The third-order valence-corrected chi connectivity index (χ3v) is 1.68. The Labute approximate surface area is 41.3 Å². The Balaban J connectivity index is 2.75. The van der Waals surface area contributed by atoms with Crippen LogP contribution in [-0.2, 0) is 0 Å². The van der Waals surface area contributed by atoms with Crippen LogP contribution in [0, 0.1) is 0 Å². The minimum absolute atomic E-state index is 0.132. The van der Waals surface area contributed by atoms with Gasteiger partial charge in [0.15, 0.2) is 0 Å². The van der Waals surface area contributed by atoms with Crippen molar-refractivity contribution in [1.82, 2.24) is 0 Å². The highest BCUT2D eigenvalue weighted by Crippen LogP contribution is 2.01. The SMILES string of the molecule is CCC(C)[Si]O. The van der Waals surface area contributed by atoms with Crippen LogP contribution in [0.15, 0.2) is 0 Å². The molecule has 0 saturated heterocycles. The van der Waals surface area contributed by atoms with E-state index < -0.39 is 0 Å². The van der Waals surface area contributed by atoms with Crippen LogP contribution in [0.3, 0.4) is 0 Å². The summed E-state index contributed by atoms with van der Waals surface area (Å²) in [6.07, 6.45) is 1.09. The maximum Gasteiger partial charge on any atom is 0.227 e. The maximum absolute atomic E-state index is 8.36. The third-order valence-electron chi connectivity index (χ3n) is 0.833. The lowest BCUT2D eigenvalue weighted by molar-refractivity contribution is 0.577. The van der Waals surface area contributed by atoms with Crippen LogP contribution < -0.4 is 0 Å². The van der Waals surface area contributed by atoms with E-state index in [9.17, 15) is 0 Å². The maximum atomic E-state index is 8.36. The first-order valence-corrected chi connectivity index (χ1v) is 3.23. The first-order chi connectivity index (χ1) is 2.81. The number of hydrogen-bond donors (Lipinski definition) is 1. The molecule has 1 nitrogen and oxygen atoms in total. The minimum atomic E-state index is 0.132. The largest absolute Gasteiger partial charge is 0.431 e. The van der Waals surface area contributed by atoms with Crippen LogP contribution in [-0.4, -0.2) is 14.6 Å². The predicted molar refractivity (Wildman–Crippen MR) is 27.7 cm³/mol. The van der Waals surface area contributed by atoms with Gasteiger partial charge in [-0.1, -0.05) is 20.3 Å². The summed E-state index contributed by atoms with van der Waals surface area (Å²) in [7, 11) is 0.132. The van der Waals surface area contributed by atoms with Gasteiger partial charge < -0.3 is 4.80 Å². The molecular weight excluding hydrogens is 92.1 g/mol. The van der Waals surface area contributed by atoms with Gasteiger partial charge in [0.25, 0.3) is 0 Å². The van der Waals surface area contributed by atoms with Gasteiger partial charge in [-0.25, -0.2) is 0 Å². The second-order valence-electron chi connectivity index (χ2n) is 1.44. The van der Waals surface area contributed by atoms with E-state index in [1.165, 1.54) is 0 Å². The molecule has 1 N–H and O–H groups in total. The standard InChI is InChI=1S/C4H10OSi/c1-3-4(2)6-5/h4-5H,3H2,1-2H3. The Morgan fingerprint density at radius 3 is 2.33 bits per heavy atom. The van der Waals surface area contributed by atoms with Crippen LogP contribution in [0.1, 0.15) is 20.3 Å². The molecule has 0 aliphatic heterocycles. The highest BCUT2D eigenvalue weighted by molar-refractivity contribution is 6.27. The third kappa shape index (κ3) is 2.42. The summed E-state index contributed by atoms with van der Waals surface area (Å²) in [4.78, 5) is 8.36. The van der Waals surface area contributed by atoms with Crippen molar-refractivity contribution in [3.8, 4) is 0 Å². The van der Waals surface area contributed by atoms with E-state index in [1.807, 2.05) is 6.92 Å². The van der Waals surface area contributed by atoms with Crippen LogP contribution in [0.4, 0.5) is 0 Å². The molecule has 0 bridgehead atoms. The molecule has 6 heavy (non-hydrogen) atoms. The molecule has 0 aromatic carbocycles. The first-order valence-electron chi connectivity index (χ1n) is 2.20. The molecular formula is C4H10OSi. The fourth-order valence-corrected chi connectivity index (χ4v) is 0.274. The Morgan fingerprint density at radius 1 is 1.83 bits per heavy atom. The topological polar surface area (TPSA) is 20.2 Å². The van der Waals surface area contributed by atoms with Gasteiger partial charge in [-0.3, -0.25) is 0 Å². The average molecular weight is 102 g/mol. The summed E-state index contributed by atoms with van der Waals surface area (Å²) in [6.45, 7) is 4.12. The lowest BCUT2D eigenvalue weighted by Gasteiger charge is -1.95. The fourth-order valence-electron chi connectivity index (χ4n) is 0.0913. The van der Waals surface area contributed by atoms with Crippen molar-refractivity contribution in [2.24, 2.45) is 0 Å². The molecule has 0 aliphatic rings. The second-order valence-corrected chi connectivity index (χ2v) is 2.68. The van der Waals surface area contributed by atoms with Crippen LogP contribution in [0.2, 0.25) is 5.54 Å². The monoisotopic (exact) mass is 102 g/mol. The first kappa shape index (κ1) is 6.18. The van der Waals surface area contributed by atoms with Crippen molar-refractivity contribution in [2.75, 3.05) is 0 Å². The smallest absolute Gasteiger partial charge is 0.227 e. The molecule has 0 aromatic rings. The average Bonchev–Trinajstić information content (AvgIpc) is 1.65. The lowest BCUT2D eigenvalue weighted by Crippen LogP contribution is -1.94. The summed E-state index contributed by atoms with van der Waals surface area (Å²) in [5, 5.41) is 0. The Morgan fingerprint density at radius 2 is 2.33 bits per heavy atom. The van der Waals surface area contributed by atoms with E-state index in [-0.39, 0.29) is 9.76 Å². The van der Waals surface area contributed by atoms with E-state index in [4.69, 9.17) is 4.80 Å². The summed E-state index contributed by atoms with van der Waals surface area (Å²) in [5.41, 5.74) is 0.519. The van der Waals surface area contributed by atoms with Gasteiger partial charge >= 0.3 is 0 Å². The van der Waals surface area contributed by atoms with E-state index in [0.29, 0.717) is 5.54 Å². The van der Waals surface area contributed by atoms with Crippen molar-refractivity contribution in [1.29, 1.82) is 0 Å². The van der Waals surface area contributed by atoms with Crippen LogP contribution in [0.5, 0.6) is 0 Å². The zero-order valence-corrected chi connectivity index (χ0v) is 5.23. The molecule has 1 unspecified atom stereocenters. The molecule has 2 heteroatoms. The van der Waals surface area contributed by atoms with Crippen molar-refractivity contribution in [3.63, 3.8) is 0 Å². The van der Waals surface area contributed by atoms with Crippen LogP contribution in [0.25, 0.3) is 0 Å². The van der Waals surface area contributed by atoms with Gasteiger partial charge in [-0.2, -0.15) is 0 Å². The molecule has 2 radical (unpaired) electrons. The van der Waals surface area contributed by atoms with Gasteiger partial charge in [0.2, 0.25) is 9.76 Å². The quantitative estimate of drug-likeness (QED) is 0.512. The molecule has 0 spiro atoms. The Bertz CT molecular complexity index is 26.7. The van der Waals surface area contributed by atoms with E-state index in [1.54, 1.807) is 0 Å². The summed E-state index contributed by atoms with van der Waals surface area (Å²) >= 11 is 0. The Kier molecular flexibility index (Phi) is 3.47. The highest BCUT2D eigenvalue weighted by atomic mass is 28.2. The van der Waals surface area contributed by atoms with Crippen molar-refractivity contribution in [3.05, 3.63) is 0 Å². The normalized spacial score (nSPS) is 14.5. The van der Waals surface area contributed by atoms with Gasteiger partial charge in [-0.05, 0) is 5.54 Å². The number of rotatable bonds is 2.